The Hall–Kier alpha value is -2.17. The molecule has 2 heterocycles. The van der Waals surface area contributed by atoms with E-state index in [0.29, 0.717) is 17.1 Å². The number of aryl methyl sites for hydroxylation is 1. The van der Waals surface area contributed by atoms with Crippen molar-refractivity contribution in [2.75, 3.05) is 12.4 Å². The Morgan fingerprint density at radius 1 is 1.52 bits per heavy atom. The summed E-state index contributed by atoms with van der Waals surface area (Å²) in [6.07, 6.45) is -2.99. The average molecular weight is 349 g/mol. The maximum absolute atomic E-state index is 12.1. The minimum atomic E-state index is -4.46. The van der Waals surface area contributed by atoms with Crippen LogP contribution in [0, 0.1) is 6.92 Å². The number of carbonyl (C=O) groups excluding carboxylic acids is 1. The number of nitrogens with two attached hydrogens (primary N) is 1. The van der Waals surface area contributed by atoms with Crippen molar-refractivity contribution in [2.24, 2.45) is 0 Å². The van der Waals surface area contributed by atoms with Crippen molar-refractivity contribution < 1.29 is 22.4 Å². The van der Waals surface area contributed by atoms with E-state index < -0.39 is 23.9 Å². The highest BCUT2D eigenvalue weighted by atomic mass is 32.2. The van der Waals surface area contributed by atoms with Gasteiger partial charge in [0, 0.05) is 0 Å². The van der Waals surface area contributed by atoms with Crippen molar-refractivity contribution in [1.82, 2.24) is 20.2 Å². The zero-order valence-electron chi connectivity index (χ0n) is 12.2. The molecule has 11 heteroatoms. The number of nitrogen functional groups attached to an aromatic ring is 1. The number of carbonyl (C=O) groups is 1. The summed E-state index contributed by atoms with van der Waals surface area (Å²) >= 11 is 0.907. The van der Waals surface area contributed by atoms with Crippen LogP contribution in [-0.4, -0.2) is 38.8 Å². The van der Waals surface area contributed by atoms with Crippen molar-refractivity contribution in [1.29, 1.82) is 0 Å². The van der Waals surface area contributed by atoms with Crippen molar-refractivity contribution in [3.63, 3.8) is 0 Å². The first-order valence-electron chi connectivity index (χ1n) is 6.45. The van der Waals surface area contributed by atoms with Gasteiger partial charge in [-0.15, -0.1) is 10.2 Å². The molecule has 0 aliphatic carbocycles. The maximum atomic E-state index is 12.1. The van der Waals surface area contributed by atoms with E-state index in [-0.39, 0.29) is 5.16 Å². The number of thioether (sulfide) groups is 1. The van der Waals surface area contributed by atoms with Crippen LogP contribution in [0.4, 0.5) is 13.2 Å². The molecule has 0 aromatic carbocycles. The Morgan fingerprint density at radius 3 is 2.78 bits per heavy atom. The predicted octanol–water partition coefficient (Wildman–Crippen LogP) is 1.72. The van der Waals surface area contributed by atoms with Gasteiger partial charge in [-0.1, -0.05) is 11.8 Å². The van der Waals surface area contributed by atoms with E-state index in [9.17, 15) is 18.0 Å². The van der Waals surface area contributed by atoms with Gasteiger partial charge in [0.05, 0.1) is 17.1 Å². The second-order valence-corrected chi connectivity index (χ2v) is 5.97. The molecular weight excluding hydrogens is 335 g/mol. The first kappa shape index (κ1) is 17.2. The van der Waals surface area contributed by atoms with Gasteiger partial charge in [-0.2, -0.15) is 13.2 Å². The molecular formula is C12H14F3N5O2S. The summed E-state index contributed by atoms with van der Waals surface area (Å²) in [5.41, 5.74) is 0.640. The van der Waals surface area contributed by atoms with Gasteiger partial charge in [0.15, 0.2) is 5.82 Å². The SMILES string of the molecule is Cc1occc1-c1nnc(SC(C)C(=O)NCC(F)(F)F)n1N. The summed E-state index contributed by atoms with van der Waals surface area (Å²) in [6, 6.07) is 1.66. The predicted molar refractivity (Wildman–Crippen MR) is 77.0 cm³/mol. The molecule has 2 aromatic heterocycles. The van der Waals surface area contributed by atoms with Crippen LogP contribution in [-0.2, 0) is 4.79 Å². The van der Waals surface area contributed by atoms with Crippen LogP contribution >= 0.6 is 11.8 Å². The van der Waals surface area contributed by atoms with E-state index in [0.717, 1.165) is 16.4 Å². The Balaban J connectivity index is 2.05. The largest absolute Gasteiger partial charge is 0.469 e. The van der Waals surface area contributed by atoms with Crippen molar-refractivity contribution in [2.45, 2.75) is 30.4 Å². The van der Waals surface area contributed by atoms with E-state index in [4.69, 9.17) is 10.3 Å². The summed E-state index contributed by atoms with van der Waals surface area (Å²) in [5.74, 6) is 6.03. The van der Waals surface area contributed by atoms with Gasteiger partial charge < -0.3 is 15.6 Å². The van der Waals surface area contributed by atoms with E-state index >= 15 is 0 Å². The quantitative estimate of drug-likeness (QED) is 0.630. The number of hydrogen-bond donors (Lipinski definition) is 2. The number of alkyl halides is 3. The lowest BCUT2D eigenvalue weighted by Gasteiger charge is -2.12. The Bertz CT molecular complexity index is 697. The zero-order valence-corrected chi connectivity index (χ0v) is 13.0. The third kappa shape index (κ3) is 4.18. The van der Waals surface area contributed by atoms with Crippen LogP contribution in [0.1, 0.15) is 12.7 Å². The zero-order chi connectivity index (χ0) is 17.2. The highest BCUT2D eigenvalue weighted by Crippen LogP contribution is 2.27. The van der Waals surface area contributed by atoms with E-state index in [1.165, 1.54) is 13.2 Å². The number of furan rings is 1. The van der Waals surface area contributed by atoms with Gasteiger partial charge in [-0.3, -0.25) is 4.79 Å². The fourth-order valence-electron chi connectivity index (χ4n) is 1.70. The number of rotatable bonds is 5. The fourth-order valence-corrected chi connectivity index (χ4v) is 2.50. The van der Waals surface area contributed by atoms with Crippen LogP contribution in [0.15, 0.2) is 21.9 Å². The second kappa shape index (κ2) is 6.52. The third-order valence-corrected chi connectivity index (χ3v) is 3.94. The molecule has 0 radical (unpaired) electrons. The van der Waals surface area contributed by atoms with Gasteiger partial charge in [-0.25, -0.2) is 4.68 Å². The number of nitrogens with zero attached hydrogens (tertiary/aromatic N) is 3. The van der Waals surface area contributed by atoms with E-state index in [1.54, 1.807) is 13.0 Å². The van der Waals surface area contributed by atoms with Crippen LogP contribution in [0.25, 0.3) is 11.4 Å². The molecule has 3 N–H and O–H groups in total. The molecule has 1 amide bonds. The van der Waals surface area contributed by atoms with Crippen LogP contribution in [0.3, 0.4) is 0 Å². The number of hydrogen-bond acceptors (Lipinski definition) is 6. The monoisotopic (exact) mass is 349 g/mol. The lowest BCUT2D eigenvalue weighted by molar-refractivity contribution is -0.137. The Kier molecular flexibility index (Phi) is 4.88. The van der Waals surface area contributed by atoms with Gasteiger partial charge in [0.25, 0.3) is 0 Å². The molecule has 1 unspecified atom stereocenters. The first-order chi connectivity index (χ1) is 10.7. The van der Waals surface area contributed by atoms with Gasteiger partial charge >= 0.3 is 6.18 Å². The van der Waals surface area contributed by atoms with Crippen molar-refractivity contribution >= 4 is 17.7 Å². The summed E-state index contributed by atoms with van der Waals surface area (Å²) in [4.78, 5) is 11.6. The standard InChI is InChI=1S/C12H14F3N5O2S/c1-6-8(3-4-22-6)9-18-19-11(20(9)16)23-7(2)10(21)17-5-12(13,14)15/h3-4,7H,5,16H2,1-2H3,(H,17,21). The smallest absolute Gasteiger partial charge is 0.405 e. The molecule has 0 fully saturated rings. The fraction of sp³-hybridized carbons (Fsp3) is 0.417. The molecule has 7 nitrogen and oxygen atoms in total. The van der Waals surface area contributed by atoms with E-state index in [1.807, 2.05) is 5.32 Å². The molecule has 2 aromatic rings. The second-order valence-electron chi connectivity index (χ2n) is 4.66. The Labute approximate surface area is 133 Å². The number of halogens is 3. The lowest BCUT2D eigenvalue weighted by Crippen LogP contribution is -2.38. The molecule has 0 spiro atoms. The molecule has 2 rings (SSSR count). The first-order valence-corrected chi connectivity index (χ1v) is 7.33. The molecule has 0 saturated heterocycles. The van der Waals surface area contributed by atoms with Gasteiger partial charge in [0.2, 0.25) is 11.1 Å². The molecule has 0 aliphatic heterocycles. The van der Waals surface area contributed by atoms with Crippen molar-refractivity contribution in [3.05, 3.63) is 18.1 Å². The van der Waals surface area contributed by atoms with Crippen LogP contribution in [0.2, 0.25) is 0 Å². The van der Waals surface area contributed by atoms with E-state index in [2.05, 4.69) is 10.2 Å². The number of nitrogens with one attached hydrogen (secondary N) is 1. The third-order valence-electron chi connectivity index (χ3n) is 2.88. The highest BCUT2D eigenvalue weighted by molar-refractivity contribution is 8.00. The molecule has 23 heavy (non-hydrogen) atoms. The summed E-state index contributed by atoms with van der Waals surface area (Å²) < 4.78 is 42.6. The number of aromatic nitrogens is 3. The minimum absolute atomic E-state index is 0.204. The summed E-state index contributed by atoms with van der Waals surface area (Å²) in [5, 5.41) is 8.96. The van der Waals surface area contributed by atoms with Crippen molar-refractivity contribution in [3.8, 4) is 11.4 Å². The summed E-state index contributed by atoms with van der Waals surface area (Å²) in [6.45, 7) is 1.80. The molecule has 1 atom stereocenters. The lowest BCUT2D eigenvalue weighted by atomic mass is 10.2. The molecule has 126 valence electrons. The summed E-state index contributed by atoms with van der Waals surface area (Å²) in [7, 11) is 0. The minimum Gasteiger partial charge on any atom is -0.469 e. The van der Waals surface area contributed by atoms with Gasteiger partial charge in [-0.05, 0) is 19.9 Å². The number of amides is 1. The topological polar surface area (TPSA) is 99.0 Å². The van der Waals surface area contributed by atoms with Crippen LogP contribution < -0.4 is 11.2 Å². The molecule has 0 aliphatic rings. The Morgan fingerprint density at radius 2 is 2.22 bits per heavy atom. The average Bonchev–Trinajstić information content (AvgIpc) is 3.02. The van der Waals surface area contributed by atoms with Crippen LogP contribution in [0.5, 0.6) is 0 Å². The highest BCUT2D eigenvalue weighted by Gasteiger charge is 2.29. The normalized spacial score (nSPS) is 13.1. The maximum Gasteiger partial charge on any atom is 0.405 e. The van der Waals surface area contributed by atoms with Gasteiger partial charge in [0.1, 0.15) is 12.3 Å². The molecule has 0 saturated carbocycles. The molecule has 0 bridgehead atoms.